The van der Waals surface area contributed by atoms with E-state index in [9.17, 15) is 14.7 Å². The molecule has 2 atom stereocenters. The summed E-state index contributed by atoms with van der Waals surface area (Å²) in [7, 11) is 0. The number of carboxylic acids is 1. The number of aromatic carboxylic acids is 1. The second-order valence-electron chi connectivity index (χ2n) is 4.89. The van der Waals surface area contributed by atoms with Gasteiger partial charge < -0.3 is 15.1 Å². The van der Waals surface area contributed by atoms with Crippen LogP contribution in [0.5, 0.6) is 0 Å². The molecule has 0 aliphatic carbocycles. The Morgan fingerprint density at radius 3 is 2.47 bits per heavy atom. The number of hydrogen-bond donors (Lipinski definition) is 2. The van der Waals surface area contributed by atoms with Gasteiger partial charge in [-0.1, -0.05) is 12.1 Å². The third kappa shape index (κ3) is 2.76. The van der Waals surface area contributed by atoms with Crippen LogP contribution in [0, 0.1) is 5.92 Å². The number of aliphatic hydroxyl groups is 1. The van der Waals surface area contributed by atoms with Gasteiger partial charge in [-0.2, -0.15) is 0 Å². The number of carboxylic acid groups (broad SMARTS) is 1. The molecule has 5 nitrogen and oxygen atoms in total. The lowest BCUT2D eigenvalue weighted by molar-refractivity contribution is 0.0676. The van der Waals surface area contributed by atoms with Crippen LogP contribution in [-0.4, -0.2) is 46.2 Å². The maximum Gasteiger partial charge on any atom is 0.336 e. The second kappa shape index (κ2) is 5.40. The zero-order valence-electron chi connectivity index (χ0n) is 10.7. The lowest BCUT2D eigenvalue weighted by Crippen LogP contribution is -2.31. The van der Waals surface area contributed by atoms with E-state index in [0.717, 1.165) is 6.42 Å². The molecule has 0 bridgehead atoms. The standard InChI is InChI=1S/C14H17NO4/c1-9(16)10-6-7-15(8-10)13(17)11-4-2-3-5-12(11)14(18)19/h2-5,9-10,16H,6-8H2,1H3,(H,18,19). The van der Waals surface area contributed by atoms with Crippen LogP contribution < -0.4 is 0 Å². The van der Waals surface area contributed by atoms with Crippen molar-refractivity contribution in [1.29, 1.82) is 0 Å². The molecule has 1 aromatic carbocycles. The number of aliphatic hydroxyl groups excluding tert-OH is 1. The van der Waals surface area contributed by atoms with Gasteiger partial charge >= 0.3 is 5.97 Å². The lowest BCUT2D eigenvalue weighted by Gasteiger charge is -2.18. The van der Waals surface area contributed by atoms with Crippen LogP contribution in [0.25, 0.3) is 0 Å². The van der Waals surface area contributed by atoms with Crippen molar-refractivity contribution in [1.82, 2.24) is 4.90 Å². The van der Waals surface area contributed by atoms with Crippen LogP contribution >= 0.6 is 0 Å². The molecule has 1 heterocycles. The molecule has 1 aromatic rings. The van der Waals surface area contributed by atoms with Gasteiger partial charge in [-0.15, -0.1) is 0 Å². The topological polar surface area (TPSA) is 77.8 Å². The summed E-state index contributed by atoms with van der Waals surface area (Å²) in [6.07, 6.45) is 0.297. The molecule has 0 saturated carbocycles. The second-order valence-corrected chi connectivity index (χ2v) is 4.89. The summed E-state index contributed by atoms with van der Waals surface area (Å²) in [4.78, 5) is 25.0. The van der Waals surface area contributed by atoms with Gasteiger partial charge in [-0.3, -0.25) is 4.79 Å². The van der Waals surface area contributed by atoms with E-state index in [1.165, 1.54) is 12.1 Å². The van der Waals surface area contributed by atoms with E-state index in [1.54, 1.807) is 24.0 Å². The van der Waals surface area contributed by atoms with Gasteiger partial charge in [0.2, 0.25) is 0 Å². The molecular weight excluding hydrogens is 246 g/mol. The first kappa shape index (κ1) is 13.5. The molecule has 102 valence electrons. The molecule has 2 N–H and O–H groups in total. The molecule has 5 heteroatoms. The molecule has 2 unspecified atom stereocenters. The van der Waals surface area contributed by atoms with Crippen LogP contribution in [-0.2, 0) is 0 Å². The first-order chi connectivity index (χ1) is 9.00. The first-order valence-electron chi connectivity index (χ1n) is 6.30. The summed E-state index contributed by atoms with van der Waals surface area (Å²) >= 11 is 0. The molecule has 19 heavy (non-hydrogen) atoms. The molecule has 1 fully saturated rings. The largest absolute Gasteiger partial charge is 0.478 e. The Morgan fingerprint density at radius 1 is 1.32 bits per heavy atom. The van der Waals surface area contributed by atoms with E-state index in [0.29, 0.717) is 13.1 Å². The first-order valence-corrected chi connectivity index (χ1v) is 6.30. The summed E-state index contributed by atoms with van der Waals surface area (Å²) in [5.74, 6) is -1.31. The monoisotopic (exact) mass is 263 g/mol. The summed E-state index contributed by atoms with van der Waals surface area (Å²) in [5, 5.41) is 18.6. The summed E-state index contributed by atoms with van der Waals surface area (Å²) in [6, 6.07) is 6.21. The van der Waals surface area contributed by atoms with Gasteiger partial charge in [0.1, 0.15) is 0 Å². The minimum Gasteiger partial charge on any atom is -0.478 e. The number of hydrogen-bond acceptors (Lipinski definition) is 3. The third-order valence-corrected chi connectivity index (χ3v) is 3.58. The molecule has 0 aromatic heterocycles. The predicted molar refractivity (Wildman–Crippen MR) is 69.1 cm³/mol. The molecule has 0 spiro atoms. The number of carbonyl (C=O) groups excluding carboxylic acids is 1. The Balaban J connectivity index is 2.19. The molecule has 2 rings (SSSR count). The molecule has 1 aliphatic rings. The summed E-state index contributed by atoms with van der Waals surface area (Å²) < 4.78 is 0. The number of carbonyl (C=O) groups is 2. The van der Waals surface area contributed by atoms with Crippen molar-refractivity contribution in [3.8, 4) is 0 Å². The number of benzene rings is 1. The zero-order valence-corrected chi connectivity index (χ0v) is 10.7. The lowest BCUT2D eigenvalue weighted by atomic mass is 10.0. The molecule has 1 amide bonds. The number of amides is 1. The third-order valence-electron chi connectivity index (χ3n) is 3.58. The van der Waals surface area contributed by atoms with Crippen LogP contribution in [0.15, 0.2) is 24.3 Å². The smallest absolute Gasteiger partial charge is 0.336 e. The number of nitrogens with zero attached hydrogens (tertiary/aromatic N) is 1. The van der Waals surface area contributed by atoms with E-state index >= 15 is 0 Å². The van der Waals surface area contributed by atoms with Crippen LogP contribution in [0.3, 0.4) is 0 Å². The number of likely N-dealkylation sites (tertiary alicyclic amines) is 1. The Labute approximate surface area is 111 Å². The van der Waals surface area contributed by atoms with Crippen molar-refractivity contribution < 1.29 is 19.8 Å². The average Bonchev–Trinajstić information content (AvgIpc) is 2.87. The van der Waals surface area contributed by atoms with E-state index in [1.807, 2.05) is 0 Å². The highest BCUT2D eigenvalue weighted by Crippen LogP contribution is 2.22. The molecule has 1 aliphatic heterocycles. The maximum absolute atomic E-state index is 12.3. The van der Waals surface area contributed by atoms with Crippen molar-refractivity contribution in [2.75, 3.05) is 13.1 Å². The van der Waals surface area contributed by atoms with Crippen LogP contribution in [0.4, 0.5) is 0 Å². The Bertz CT molecular complexity index is 498. The van der Waals surface area contributed by atoms with Gasteiger partial charge in [0, 0.05) is 19.0 Å². The Morgan fingerprint density at radius 2 is 1.95 bits per heavy atom. The summed E-state index contributed by atoms with van der Waals surface area (Å²) in [6.45, 7) is 2.75. The highest BCUT2D eigenvalue weighted by molar-refractivity contribution is 6.04. The normalized spacial score (nSPS) is 20.3. The quantitative estimate of drug-likeness (QED) is 0.859. The average molecular weight is 263 g/mol. The minimum absolute atomic E-state index is 0.0213. The van der Waals surface area contributed by atoms with Gasteiger partial charge in [0.15, 0.2) is 0 Å². The van der Waals surface area contributed by atoms with E-state index in [4.69, 9.17) is 5.11 Å². The fourth-order valence-corrected chi connectivity index (χ4v) is 2.39. The summed E-state index contributed by atoms with van der Waals surface area (Å²) in [5.41, 5.74) is 0.231. The molecular formula is C14H17NO4. The van der Waals surface area contributed by atoms with Crippen LogP contribution in [0.1, 0.15) is 34.1 Å². The van der Waals surface area contributed by atoms with Crippen LogP contribution in [0.2, 0.25) is 0 Å². The van der Waals surface area contributed by atoms with E-state index in [2.05, 4.69) is 0 Å². The van der Waals surface area contributed by atoms with Crippen molar-refractivity contribution in [3.05, 3.63) is 35.4 Å². The Kier molecular flexibility index (Phi) is 3.85. The van der Waals surface area contributed by atoms with Gasteiger partial charge in [0.25, 0.3) is 5.91 Å². The zero-order chi connectivity index (χ0) is 14.0. The van der Waals surface area contributed by atoms with Crippen molar-refractivity contribution in [2.45, 2.75) is 19.4 Å². The van der Waals surface area contributed by atoms with Gasteiger partial charge in [0.05, 0.1) is 17.2 Å². The van der Waals surface area contributed by atoms with Crippen molar-refractivity contribution >= 4 is 11.9 Å². The molecule has 1 saturated heterocycles. The van der Waals surface area contributed by atoms with E-state index < -0.39 is 12.1 Å². The fourth-order valence-electron chi connectivity index (χ4n) is 2.39. The predicted octanol–water partition coefficient (Wildman–Crippen LogP) is 1.23. The van der Waals surface area contributed by atoms with E-state index in [-0.39, 0.29) is 23.0 Å². The minimum atomic E-state index is -1.10. The van der Waals surface area contributed by atoms with Gasteiger partial charge in [-0.25, -0.2) is 4.79 Å². The number of rotatable bonds is 3. The Hall–Kier alpha value is -1.88. The van der Waals surface area contributed by atoms with Crippen molar-refractivity contribution in [2.24, 2.45) is 5.92 Å². The highest BCUT2D eigenvalue weighted by atomic mass is 16.4. The van der Waals surface area contributed by atoms with Crippen molar-refractivity contribution in [3.63, 3.8) is 0 Å². The van der Waals surface area contributed by atoms with Gasteiger partial charge in [-0.05, 0) is 25.5 Å². The fraction of sp³-hybridized carbons (Fsp3) is 0.429. The highest BCUT2D eigenvalue weighted by Gasteiger charge is 2.30. The maximum atomic E-state index is 12.3. The molecule has 0 radical (unpaired) electrons. The SMILES string of the molecule is CC(O)C1CCN(C(=O)c2ccccc2C(=O)O)C1.